The Hall–Kier alpha value is -0.300. The maximum atomic E-state index is 3.47. The highest BCUT2D eigenvalue weighted by molar-refractivity contribution is 5.01. The second-order valence-corrected chi connectivity index (χ2v) is 3.30. The SMILES string of the molecule is CC(C)=CC1CCCCN1. The van der Waals surface area contributed by atoms with E-state index in [2.05, 4.69) is 25.2 Å². The van der Waals surface area contributed by atoms with Crippen molar-refractivity contribution in [1.29, 1.82) is 0 Å². The minimum absolute atomic E-state index is 0.666. The third-order valence-corrected chi connectivity index (χ3v) is 1.88. The summed E-state index contributed by atoms with van der Waals surface area (Å²) in [5, 5.41) is 3.47. The fourth-order valence-electron chi connectivity index (χ4n) is 1.42. The van der Waals surface area contributed by atoms with Crippen LogP contribution in [0, 0.1) is 0 Å². The van der Waals surface area contributed by atoms with E-state index in [4.69, 9.17) is 0 Å². The van der Waals surface area contributed by atoms with Crippen molar-refractivity contribution in [3.05, 3.63) is 11.6 Å². The average Bonchev–Trinajstić information content (AvgIpc) is 1.88. The molecule has 0 aromatic heterocycles. The van der Waals surface area contributed by atoms with Gasteiger partial charge < -0.3 is 5.32 Å². The Morgan fingerprint density at radius 1 is 1.40 bits per heavy atom. The van der Waals surface area contributed by atoms with Crippen molar-refractivity contribution >= 4 is 0 Å². The quantitative estimate of drug-likeness (QED) is 0.548. The molecule has 0 amide bonds. The zero-order valence-electron chi connectivity index (χ0n) is 6.98. The topological polar surface area (TPSA) is 12.0 Å². The Balaban J connectivity index is 2.33. The molecule has 1 nitrogen and oxygen atoms in total. The molecule has 0 aromatic carbocycles. The fraction of sp³-hybridized carbons (Fsp3) is 0.778. The number of allylic oxidation sites excluding steroid dienone is 1. The van der Waals surface area contributed by atoms with E-state index in [0.29, 0.717) is 6.04 Å². The molecule has 0 saturated carbocycles. The van der Waals surface area contributed by atoms with Gasteiger partial charge >= 0.3 is 0 Å². The summed E-state index contributed by atoms with van der Waals surface area (Å²) >= 11 is 0. The molecule has 58 valence electrons. The summed E-state index contributed by atoms with van der Waals surface area (Å²) in [5.74, 6) is 0. The maximum absolute atomic E-state index is 3.47. The van der Waals surface area contributed by atoms with Crippen LogP contribution in [0.25, 0.3) is 0 Å². The second-order valence-electron chi connectivity index (χ2n) is 3.30. The lowest BCUT2D eigenvalue weighted by Crippen LogP contribution is -2.32. The van der Waals surface area contributed by atoms with E-state index < -0.39 is 0 Å². The Labute approximate surface area is 63.5 Å². The van der Waals surface area contributed by atoms with Gasteiger partial charge in [0.15, 0.2) is 0 Å². The lowest BCUT2D eigenvalue weighted by atomic mass is 10.0. The molecule has 1 rings (SSSR count). The van der Waals surface area contributed by atoms with E-state index in [-0.39, 0.29) is 0 Å². The zero-order chi connectivity index (χ0) is 7.40. The Bertz CT molecular complexity index is 117. The molecule has 1 heteroatoms. The normalized spacial score (nSPS) is 26.0. The molecule has 0 bridgehead atoms. The summed E-state index contributed by atoms with van der Waals surface area (Å²) in [5.41, 5.74) is 1.43. The summed E-state index contributed by atoms with van der Waals surface area (Å²) < 4.78 is 0. The Morgan fingerprint density at radius 3 is 2.70 bits per heavy atom. The highest BCUT2D eigenvalue weighted by atomic mass is 14.9. The van der Waals surface area contributed by atoms with Crippen molar-refractivity contribution in [1.82, 2.24) is 5.32 Å². The average molecular weight is 139 g/mol. The van der Waals surface area contributed by atoms with Crippen LogP contribution in [-0.4, -0.2) is 12.6 Å². The van der Waals surface area contributed by atoms with Gasteiger partial charge in [0.2, 0.25) is 0 Å². The maximum Gasteiger partial charge on any atom is 0.0252 e. The van der Waals surface area contributed by atoms with Crippen LogP contribution in [0.15, 0.2) is 11.6 Å². The van der Waals surface area contributed by atoms with Crippen molar-refractivity contribution in [2.24, 2.45) is 0 Å². The van der Waals surface area contributed by atoms with Crippen LogP contribution in [0.1, 0.15) is 33.1 Å². The van der Waals surface area contributed by atoms with Crippen LogP contribution >= 0.6 is 0 Å². The van der Waals surface area contributed by atoms with E-state index in [1.165, 1.54) is 31.4 Å². The third-order valence-electron chi connectivity index (χ3n) is 1.88. The van der Waals surface area contributed by atoms with Crippen LogP contribution in [0.2, 0.25) is 0 Å². The second kappa shape index (κ2) is 3.77. The molecule has 0 aliphatic carbocycles. The van der Waals surface area contributed by atoms with Gasteiger partial charge in [0, 0.05) is 6.04 Å². The molecule has 1 unspecified atom stereocenters. The van der Waals surface area contributed by atoms with Gasteiger partial charge in [0.05, 0.1) is 0 Å². The highest BCUT2D eigenvalue weighted by Crippen LogP contribution is 2.09. The lowest BCUT2D eigenvalue weighted by molar-refractivity contribution is 0.453. The van der Waals surface area contributed by atoms with E-state index in [9.17, 15) is 0 Å². The van der Waals surface area contributed by atoms with Crippen LogP contribution in [0.3, 0.4) is 0 Å². The van der Waals surface area contributed by atoms with Gasteiger partial charge in [0.1, 0.15) is 0 Å². The molecule has 1 aliphatic rings. The van der Waals surface area contributed by atoms with Crippen LogP contribution in [0.5, 0.6) is 0 Å². The molecule has 1 atom stereocenters. The van der Waals surface area contributed by atoms with Crippen LogP contribution < -0.4 is 5.32 Å². The Kier molecular flexibility index (Phi) is 2.94. The third kappa shape index (κ3) is 2.53. The molecular weight excluding hydrogens is 122 g/mol. The van der Waals surface area contributed by atoms with Gasteiger partial charge in [-0.15, -0.1) is 0 Å². The van der Waals surface area contributed by atoms with E-state index in [1.807, 2.05) is 0 Å². The zero-order valence-corrected chi connectivity index (χ0v) is 6.98. The standard InChI is InChI=1S/C9H17N/c1-8(2)7-9-5-3-4-6-10-9/h7,9-10H,3-6H2,1-2H3. The summed E-state index contributed by atoms with van der Waals surface area (Å²) in [6.07, 6.45) is 6.40. The van der Waals surface area contributed by atoms with Crippen molar-refractivity contribution in [3.8, 4) is 0 Å². The summed E-state index contributed by atoms with van der Waals surface area (Å²) in [6.45, 7) is 5.53. The van der Waals surface area contributed by atoms with Crippen molar-refractivity contribution in [2.45, 2.75) is 39.2 Å². The number of nitrogens with one attached hydrogen (secondary N) is 1. The minimum atomic E-state index is 0.666. The summed E-state index contributed by atoms with van der Waals surface area (Å²) in [7, 11) is 0. The first-order valence-electron chi connectivity index (χ1n) is 4.17. The molecule has 1 saturated heterocycles. The van der Waals surface area contributed by atoms with Gasteiger partial charge in [-0.3, -0.25) is 0 Å². The number of hydrogen-bond acceptors (Lipinski definition) is 1. The number of hydrogen-bond donors (Lipinski definition) is 1. The van der Waals surface area contributed by atoms with Crippen LogP contribution in [-0.2, 0) is 0 Å². The van der Waals surface area contributed by atoms with Gasteiger partial charge in [-0.25, -0.2) is 0 Å². The first-order valence-corrected chi connectivity index (χ1v) is 4.17. The first-order chi connectivity index (χ1) is 4.79. The van der Waals surface area contributed by atoms with Crippen molar-refractivity contribution < 1.29 is 0 Å². The summed E-state index contributed by atoms with van der Waals surface area (Å²) in [4.78, 5) is 0. The smallest absolute Gasteiger partial charge is 0.0252 e. The van der Waals surface area contributed by atoms with Gasteiger partial charge in [-0.2, -0.15) is 0 Å². The first kappa shape index (κ1) is 7.80. The highest BCUT2D eigenvalue weighted by Gasteiger charge is 2.08. The number of rotatable bonds is 1. The fourth-order valence-corrected chi connectivity index (χ4v) is 1.42. The molecule has 1 heterocycles. The number of piperidine rings is 1. The molecule has 0 spiro atoms. The van der Waals surface area contributed by atoms with Gasteiger partial charge in [0.25, 0.3) is 0 Å². The Morgan fingerprint density at radius 2 is 2.20 bits per heavy atom. The van der Waals surface area contributed by atoms with Crippen molar-refractivity contribution in [2.75, 3.05) is 6.54 Å². The van der Waals surface area contributed by atoms with Gasteiger partial charge in [-0.05, 0) is 33.2 Å². The monoisotopic (exact) mass is 139 g/mol. The van der Waals surface area contributed by atoms with E-state index in [1.54, 1.807) is 0 Å². The lowest BCUT2D eigenvalue weighted by Gasteiger charge is -2.20. The molecule has 1 fully saturated rings. The molecule has 0 aromatic rings. The van der Waals surface area contributed by atoms with Gasteiger partial charge in [-0.1, -0.05) is 18.1 Å². The molecule has 1 N–H and O–H groups in total. The van der Waals surface area contributed by atoms with Crippen LogP contribution in [0.4, 0.5) is 0 Å². The molecule has 1 aliphatic heterocycles. The predicted octanol–water partition coefficient (Wildman–Crippen LogP) is 2.09. The van der Waals surface area contributed by atoms with E-state index in [0.717, 1.165) is 0 Å². The predicted molar refractivity (Wildman–Crippen MR) is 45.1 cm³/mol. The van der Waals surface area contributed by atoms with E-state index >= 15 is 0 Å². The minimum Gasteiger partial charge on any atom is -0.311 e. The van der Waals surface area contributed by atoms with Crippen molar-refractivity contribution in [3.63, 3.8) is 0 Å². The largest absolute Gasteiger partial charge is 0.311 e. The molecule has 0 radical (unpaired) electrons. The summed E-state index contributed by atoms with van der Waals surface area (Å²) in [6, 6.07) is 0.666. The molecular formula is C9H17N. The molecule has 10 heavy (non-hydrogen) atoms.